The minimum absolute atomic E-state index is 0.0371. The summed E-state index contributed by atoms with van der Waals surface area (Å²) >= 11 is 0. The van der Waals surface area contributed by atoms with Crippen molar-refractivity contribution >= 4 is 6.03 Å². The van der Waals surface area contributed by atoms with Crippen LogP contribution in [0, 0.1) is 0 Å². The standard InChI is InChI=1S/C15H19N5O3/c1-16-15(21)17-8-10-9-20(19-18-10)13-5-6-23-14-4-3-11(22-2)7-12(13)14/h3-4,7,9,13H,5-6,8H2,1-2H3,(H2,16,17,21)/t13-/m1/s1. The van der Waals surface area contributed by atoms with E-state index < -0.39 is 0 Å². The number of ether oxygens (including phenoxy) is 2. The molecule has 0 fully saturated rings. The van der Waals surface area contributed by atoms with E-state index >= 15 is 0 Å². The van der Waals surface area contributed by atoms with E-state index in [-0.39, 0.29) is 12.1 Å². The summed E-state index contributed by atoms with van der Waals surface area (Å²) < 4.78 is 12.8. The first-order chi connectivity index (χ1) is 11.2. The largest absolute Gasteiger partial charge is 0.497 e. The van der Waals surface area contributed by atoms with Crippen LogP contribution in [0.2, 0.25) is 0 Å². The predicted molar refractivity (Wildman–Crippen MR) is 82.6 cm³/mol. The molecule has 23 heavy (non-hydrogen) atoms. The van der Waals surface area contributed by atoms with Crippen LogP contribution in [0.5, 0.6) is 11.5 Å². The summed E-state index contributed by atoms with van der Waals surface area (Å²) in [6.45, 7) is 0.948. The fourth-order valence-electron chi connectivity index (χ4n) is 2.56. The van der Waals surface area contributed by atoms with E-state index in [1.54, 1.807) is 14.2 Å². The minimum atomic E-state index is -0.249. The maximum atomic E-state index is 11.2. The molecule has 0 spiro atoms. The van der Waals surface area contributed by atoms with Crippen LogP contribution in [0.3, 0.4) is 0 Å². The normalized spacial score (nSPS) is 16.2. The number of urea groups is 1. The van der Waals surface area contributed by atoms with Gasteiger partial charge in [-0.05, 0) is 18.2 Å². The molecule has 8 heteroatoms. The monoisotopic (exact) mass is 317 g/mol. The third-order valence-electron chi connectivity index (χ3n) is 3.76. The number of methoxy groups -OCH3 is 1. The molecule has 1 aliphatic rings. The number of nitrogens with zero attached hydrogens (tertiary/aromatic N) is 3. The van der Waals surface area contributed by atoms with Crippen molar-refractivity contribution in [3.63, 3.8) is 0 Å². The van der Waals surface area contributed by atoms with Crippen LogP contribution in [0.4, 0.5) is 4.79 Å². The summed E-state index contributed by atoms with van der Waals surface area (Å²) in [5.41, 5.74) is 1.72. The molecular weight excluding hydrogens is 298 g/mol. The van der Waals surface area contributed by atoms with Gasteiger partial charge in [-0.15, -0.1) is 5.10 Å². The zero-order chi connectivity index (χ0) is 16.2. The number of benzene rings is 1. The summed E-state index contributed by atoms with van der Waals surface area (Å²) in [5, 5.41) is 13.5. The number of rotatable bonds is 4. The second-order valence-corrected chi connectivity index (χ2v) is 5.18. The molecule has 3 rings (SSSR count). The van der Waals surface area contributed by atoms with Crippen LogP contribution >= 0.6 is 0 Å². The molecule has 0 radical (unpaired) electrons. The first-order valence-electron chi connectivity index (χ1n) is 7.38. The van der Waals surface area contributed by atoms with Crippen molar-refractivity contribution in [2.45, 2.75) is 19.0 Å². The molecule has 2 aromatic rings. The first-order valence-corrected chi connectivity index (χ1v) is 7.38. The van der Waals surface area contributed by atoms with E-state index in [0.717, 1.165) is 23.5 Å². The molecule has 0 saturated carbocycles. The van der Waals surface area contributed by atoms with E-state index in [9.17, 15) is 4.79 Å². The van der Waals surface area contributed by atoms with Gasteiger partial charge in [0.05, 0.1) is 32.5 Å². The molecule has 8 nitrogen and oxygen atoms in total. The van der Waals surface area contributed by atoms with Crippen molar-refractivity contribution in [3.8, 4) is 11.5 Å². The smallest absolute Gasteiger partial charge is 0.314 e. The quantitative estimate of drug-likeness (QED) is 0.881. The van der Waals surface area contributed by atoms with Gasteiger partial charge in [0.25, 0.3) is 0 Å². The van der Waals surface area contributed by atoms with Crippen molar-refractivity contribution in [2.24, 2.45) is 0 Å². The summed E-state index contributed by atoms with van der Waals surface area (Å²) in [4.78, 5) is 11.2. The number of hydrogen-bond donors (Lipinski definition) is 2. The molecule has 2 N–H and O–H groups in total. The number of fused-ring (bicyclic) bond motifs is 1. The topological polar surface area (TPSA) is 90.3 Å². The van der Waals surface area contributed by atoms with E-state index in [4.69, 9.17) is 9.47 Å². The Morgan fingerprint density at radius 1 is 1.52 bits per heavy atom. The van der Waals surface area contributed by atoms with Gasteiger partial charge in [0.2, 0.25) is 0 Å². The van der Waals surface area contributed by atoms with Crippen LogP contribution < -0.4 is 20.1 Å². The van der Waals surface area contributed by atoms with E-state index in [1.165, 1.54) is 0 Å². The second kappa shape index (κ2) is 6.55. The van der Waals surface area contributed by atoms with Gasteiger partial charge < -0.3 is 20.1 Å². The predicted octanol–water partition coefficient (Wildman–Crippen LogP) is 1.09. The molecule has 2 amide bonds. The highest BCUT2D eigenvalue weighted by molar-refractivity contribution is 5.73. The highest BCUT2D eigenvalue weighted by Gasteiger charge is 2.25. The third-order valence-corrected chi connectivity index (χ3v) is 3.76. The van der Waals surface area contributed by atoms with Crippen LogP contribution in [0.1, 0.15) is 23.7 Å². The Morgan fingerprint density at radius 2 is 2.39 bits per heavy atom. The lowest BCUT2D eigenvalue weighted by molar-refractivity contribution is 0.242. The van der Waals surface area contributed by atoms with E-state index in [1.807, 2.05) is 29.1 Å². The Balaban J connectivity index is 1.81. The highest BCUT2D eigenvalue weighted by Crippen LogP contribution is 2.36. The third kappa shape index (κ3) is 3.20. The van der Waals surface area contributed by atoms with Gasteiger partial charge in [-0.25, -0.2) is 9.48 Å². The Kier molecular flexibility index (Phi) is 4.31. The molecule has 2 heterocycles. The van der Waals surface area contributed by atoms with Gasteiger partial charge in [0.15, 0.2) is 0 Å². The van der Waals surface area contributed by atoms with Gasteiger partial charge in [-0.2, -0.15) is 0 Å². The van der Waals surface area contributed by atoms with Gasteiger partial charge in [-0.3, -0.25) is 0 Å². The fourth-order valence-corrected chi connectivity index (χ4v) is 2.56. The first kappa shape index (κ1) is 15.1. The number of hydrogen-bond acceptors (Lipinski definition) is 5. The Bertz CT molecular complexity index is 700. The van der Waals surface area contributed by atoms with Gasteiger partial charge in [-0.1, -0.05) is 5.21 Å². The van der Waals surface area contributed by atoms with Gasteiger partial charge in [0, 0.05) is 19.0 Å². The lowest BCUT2D eigenvalue weighted by Gasteiger charge is -2.26. The average molecular weight is 317 g/mol. The molecule has 122 valence electrons. The van der Waals surface area contributed by atoms with Crippen molar-refractivity contribution in [3.05, 3.63) is 35.7 Å². The van der Waals surface area contributed by atoms with Crippen molar-refractivity contribution in [1.82, 2.24) is 25.6 Å². The molecule has 1 aromatic heterocycles. The summed E-state index contributed by atoms with van der Waals surface area (Å²) in [7, 11) is 3.21. The van der Waals surface area contributed by atoms with Crippen LogP contribution in [0.15, 0.2) is 24.4 Å². The molecule has 1 aromatic carbocycles. The number of aromatic nitrogens is 3. The average Bonchev–Trinajstić information content (AvgIpc) is 3.07. The maximum Gasteiger partial charge on any atom is 0.314 e. The lowest BCUT2D eigenvalue weighted by Crippen LogP contribution is -2.32. The summed E-state index contributed by atoms with van der Waals surface area (Å²) in [5.74, 6) is 1.61. The molecule has 0 aliphatic carbocycles. The molecule has 1 atom stereocenters. The number of nitrogens with one attached hydrogen (secondary N) is 2. The molecule has 0 saturated heterocycles. The van der Waals surface area contributed by atoms with Crippen LogP contribution in [0.25, 0.3) is 0 Å². The van der Waals surface area contributed by atoms with Crippen LogP contribution in [-0.2, 0) is 6.54 Å². The molecule has 1 aliphatic heterocycles. The van der Waals surface area contributed by atoms with E-state index in [0.29, 0.717) is 18.8 Å². The molecule has 0 unspecified atom stereocenters. The summed E-state index contributed by atoms with van der Waals surface area (Å²) in [6, 6.07) is 5.53. The SMILES string of the molecule is CNC(=O)NCc1cn([C@@H]2CCOc3ccc(OC)cc32)nn1. The molecule has 0 bridgehead atoms. The number of carbonyl (C=O) groups is 1. The van der Waals surface area contributed by atoms with Gasteiger partial charge in [0.1, 0.15) is 17.2 Å². The zero-order valence-electron chi connectivity index (χ0n) is 13.1. The van der Waals surface area contributed by atoms with Crippen molar-refractivity contribution in [2.75, 3.05) is 20.8 Å². The Morgan fingerprint density at radius 3 is 3.17 bits per heavy atom. The minimum Gasteiger partial charge on any atom is -0.497 e. The zero-order valence-corrected chi connectivity index (χ0v) is 13.1. The van der Waals surface area contributed by atoms with Crippen LogP contribution in [-0.4, -0.2) is 41.8 Å². The Hall–Kier alpha value is -2.77. The lowest BCUT2D eigenvalue weighted by atomic mass is 10.0. The van der Waals surface area contributed by atoms with Crippen molar-refractivity contribution in [1.29, 1.82) is 0 Å². The van der Waals surface area contributed by atoms with E-state index in [2.05, 4.69) is 20.9 Å². The second-order valence-electron chi connectivity index (χ2n) is 5.18. The van der Waals surface area contributed by atoms with Crippen molar-refractivity contribution < 1.29 is 14.3 Å². The maximum absolute atomic E-state index is 11.2. The number of amides is 2. The number of carbonyl (C=O) groups excluding carboxylic acids is 1. The molecular formula is C15H19N5O3. The summed E-state index contributed by atoms with van der Waals surface area (Å²) in [6.07, 6.45) is 2.64. The Labute approximate surface area is 133 Å². The fraction of sp³-hybridized carbons (Fsp3) is 0.400. The van der Waals surface area contributed by atoms with Gasteiger partial charge >= 0.3 is 6.03 Å². The highest BCUT2D eigenvalue weighted by atomic mass is 16.5.